The Labute approximate surface area is 91.2 Å². The molecule has 1 rings (SSSR count). The summed E-state index contributed by atoms with van der Waals surface area (Å²) in [6, 6.07) is -0.124. The first-order valence-corrected chi connectivity index (χ1v) is 5.49. The second-order valence-electron chi connectivity index (χ2n) is 4.06. The van der Waals surface area contributed by atoms with Gasteiger partial charge in [0.25, 0.3) is 0 Å². The van der Waals surface area contributed by atoms with Gasteiger partial charge in [-0.05, 0) is 39.9 Å². The highest BCUT2D eigenvalue weighted by molar-refractivity contribution is 5.73. The molecular formula is C10H21N3O2. The molecule has 0 aromatic carbocycles. The summed E-state index contributed by atoms with van der Waals surface area (Å²) in [5.41, 5.74) is 0. The largest absolute Gasteiger partial charge is 0.358 e. The van der Waals surface area contributed by atoms with E-state index in [4.69, 9.17) is 4.74 Å². The van der Waals surface area contributed by atoms with Gasteiger partial charge in [0.1, 0.15) is 6.23 Å². The molecule has 1 atom stereocenters. The van der Waals surface area contributed by atoms with Gasteiger partial charge in [0.05, 0.1) is 0 Å². The van der Waals surface area contributed by atoms with Crippen LogP contribution in [0, 0.1) is 0 Å². The van der Waals surface area contributed by atoms with Crippen LogP contribution in [0.4, 0.5) is 4.79 Å². The lowest BCUT2D eigenvalue weighted by Gasteiger charge is -2.13. The minimum absolute atomic E-state index is 0.0844. The number of ether oxygens (including phenoxy) is 1. The number of nitrogens with zero attached hydrogens (tertiary/aromatic N) is 1. The predicted molar refractivity (Wildman–Crippen MR) is 58.7 cm³/mol. The fourth-order valence-electron chi connectivity index (χ4n) is 1.49. The molecule has 2 amide bonds. The zero-order valence-electron chi connectivity index (χ0n) is 9.58. The van der Waals surface area contributed by atoms with Gasteiger partial charge in [-0.15, -0.1) is 0 Å². The van der Waals surface area contributed by atoms with E-state index in [0.29, 0.717) is 6.54 Å². The second-order valence-corrected chi connectivity index (χ2v) is 4.06. The summed E-state index contributed by atoms with van der Waals surface area (Å²) in [6.45, 7) is 2.45. The first-order valence-electron chi connectivity index (χ1n) is 5.49. The summed E-state index contributed by atoms with van der Waals surface area (Å²) in [6.07, 6.45) is 2.83. The number of carbonyl (C=O) groups excluding carboxylic acids is 1. The van der Waals surface area contributed by atoms with Crippen LogP contribution in [-0.4, -0.2) is 51.0 Å². The Morgan fingerprint density at radius 3 is 2.93 bits per heavy atom. The third-order valence-corrected chi connectivity index (χ3v) is 2.29. The average Bonchev–Trinajstić information content (AvgIpc) is 2.64. The van der Waals surface area contributed by atoms with Crippen LogP contribution in [0.1, 0.15) is 19.3 Å². The van der Waals surface area contributed by atoms with E-state index < -0.39 is 0 Å². The molecular weight excluding hydrogens is 194 g/mol. The Balaban J connectivity index is 1.98. The maximum atomic E-state index is 11.3. The minimum Gasteiger partial charge on any atom is -0.358 e. The van der Waals surface area contributed by atoms with Crippen molar-refractivity contribution in [3.05, 3.63) is 0 Å². The van der Waals surface area contributed by atoms with E-state index in [0.717, 1.165) is 32.4 Å². The first kappa shape index (κ1) is 12.3. The Kier molecular flexibility index (Phi) is 5.42. The Morgan fingerprint density at radius 1 is 1.53 bits per heavy atom. The van der Waals surface area contributed by atoms with Crippen molar-refractivity contribution in [1.82, 2.24) is 15.5 Å². The third kappa shape index (κ3) is 5.59. The first-order chi connectivity index (χ1) is 7.18. The lowest BCUT2D eigenvalue weighted by molar-refractivity contribution is 0.0907. The normalized spacial score (nSPS) is 20.6. The average molecular weight is 215 g/mol. The SMILES string of the molecule is CN(C)CCCNC(=O)NC1CCCO1. The van der Waals surface area contributed by atoms with E-state index in [1.54, 1.807) is 0 Å². The summed E-state index contributed by atoms with van der Waals surface area (Å²) in [5.74, 6) is 0. The van der Waals surface area contributed by atoms with Crippen LogP contribution in [0.25, 0.3) is 0 Å². The zero-order chi connectivity index (χ0) is 11.1. The molecule has 5 nitrogen and oxygen atoms in total. The maximum absolute atomic E-state index is 11.3. The molecule has 88 valence electrons. The number of hydrogen-bond acceptors (Lipinski definition) is 3. The van der Waals surface area contributed by atoms with E-state index in [2.05, 4.69) is 15.5 Å². The topological polar surface area (TPSA) is 53.6 Å². The van der Waals surface area contributed by atoms with Crippen molar-refractivity contribution in [1.29, 1.82) is 0 Å². The van der Waals surface area contributed by atoms with Crippen LogP contribution in [0.5, 0.6) is 0 Å². The van der Waals surface area contributed by atoms with Crippen LogP contribution < -0.4 is 10.6 Å². The van der Waals surface area contributed by atoms with Crippen LogP contribution >= 0.6 is 0 Å². The molecule has 0 aromatic heterocycles. The van der Waals surface area contributed by atoms with Crippen molar-refractivity contribution >= 4 is 6.03 Å². The minimum atomic E-state index is -0.124. The number of carbonyl (C=O) groups is 1. The third-order valence-electron chi connectivity index (χ3n) is 2.29. The monoisotopic (exact) mass is 215 g/mol. The van der Waals surface area contributed by atoms with Gasteiger partial charge in [0.2, 0.25) is 0 Å². The van der Waals surface area contributed by atoms with Gasteiger partial charge in [0.15, 0.2) is 0 Å². The molecule has 0 saturated carbocycles. The smallest absolute Gasteiger partial charge is 0.316 e. The van der Waals surface area contributed by atoms with E-state index in [1.165, 1.54) is 0 Å². The van der Waals surface area contributed by atoms with Gasteiger partial charge < -0.3 is 20.3 Å². The second kappa shape index (κ2) is 6.63. The molecule has 0 aliphatic carbocycles. The summed E-state index contributed by atoms with van der Waals surface area (Å²) in [4.78, 5) is 13.4. The molecule has 0 spiro atoms. The molecule has 1 unspecified atom stereocenters. The van der Waals surface area contributed by atoms with Gasteiger partial charge in [-0.2, -0.15) is 0 Å². The highest BCUT2D eigenvalue weighted by Crippen LogP contribution is 2.08. The lowest BCUT2D eigenvalue weighted by Crippen LogP contribution is -2.42. The number of nitrogens with one attached hydrogen (secondary N) is 2. The Morgan fingerprint density at radius 2 is 2.33 bits per heavy atom. The Bertz CT molecular complexity index is 191. The number of amides is 2. The number of urea groups is 1. The molecule has 0 bridgehead atoms. The highest BCUT2D eigenvalue weighted by atomic mass is 16.5. The predicted octanol–water partition coefficient (Wildman–Crippen LogP) is 0.374. The van der Waals surface area contributed by atoms with Crippen molar-refractivity contribution in [2.24, 2.45) is 0 Å². The van der Waals surface area contributed by atoms with Crippen molar-refractivity contribution in [2.45, 2.75) is 25.5 Å². The zero-order valence-corrected chi connectivity index (χ0v) is 9.58. The molecule has 1 aliphatic heterocycles. The van der Waals surface area contributed by atoms with Gasteiger partial charge in [-0.3, -0.25) is 0 Å². The quantitative estimate of drug-likeness (QED) is 0.652. The van der Waals surface area contributed by atoms with Gasteiger partial charge in [-0.1, -0.05) is 0 Å². The van der Waals surface area contributed by atoms with Crippen LogP contribution in [-0.2, 0) is 4.74 Å². The van der Waals surface area contributed by atoms with Crippen molar-refractivity contribution < 1.29 is 9.53 Å². The molecule has 0 aromatic rings. The van der Waals surface area contributed by atoms with E-state index in [-0.39, 0.29) is 12.3 Å². The number of rotatable bonds is 5. The van der Waals surface area contributed by atoms with E-state index in [1.807, 2.05) is 14.1 Å². The van der Waals surface area contributed by atoms with E-state index >= 15 is 0 Å². The van der Waals surface area contributed by atoms with Crippen LogP contribution in [0.2, 0.25) is 0 Å². The Hall–Kier alpha value is -0.810. The maximum Gasteiger partial charge on any atom is 0.316 e. The summed E-state index contributed by atoms with van der Waals surface area (Å²) in [7, 11) is 4.04. The summed E-state index contributed by atoms with van der Waals surface area (Å²) >= 11 is 0. The molecule has 1 fully saturated rings. The molecule has 0 radical (unpaired) electrons. The molecule has 1 aliphatic rings. The van der Waals surface area contributed by atoms with Gasteiger partial charge >= 0.3 is 6.03 Å². The summed E-state index contributed by atoms with van der Waals surface area (Å²) < 4.78 is 5.29. The van der Waals surface area contributed by atoms with Crippen molar-refractivity contribution in [3.8, 4) is 0 Å². The highest BCUT2D eigenvalue weighted by Gasteiger charge is 2.16. The van der Waals surface area contributed by atoms with Crippen LogP contribution in [0.15, 0.2) is 0 Å². The van der Waals surface area contributed by atoms with Gasteiger partial charge in [-0.25, -0.2) is 4.79 Å². The van der Waals surface area contributed by atoms with Crippen LogP contribution in [0.3, 0.4) is 0 Å². The van der Waals surface area contributed by atoms with Gasteiger partial charge in [0, 0.05) is 13.2 Å². The lowest BCUT2D eigenvalue weighted by atomic mass is 10.3. The molecule has 1 saturated heterocycles. The number of hydrogen-bond donors (Lipinski definition) is 2. The molecule has 2 N–H and O–H groups in total. The molecule has 1 heterocycles. The standard InChI is InChI=1S/C10H21N3O2/c1-13(2)7-4-6-11-10(14)12-9-5-3-8-15-9/h9H,3-8H2,1-2H3,(H2,11,12,14). The fraction of sp³-hybridized carbons (Fsp3) is 0.900. The molecule has 5 heteroatoms. The molecule has 15 heavy (non-hydrogen) atoms. The van der Waals surface area contributed by atoms with E-state index in [9.17, 15) is 4.79 Å². The van der Waals surface area contributed by atoms with Crippen molar-refractivity contribution in [2.75, 3.05) is 33.8 Å². The summed E-state index contributed by atoms with van der Waals surface area (Å²) in [5, 5.41) is 5.59. The fourth-order valence-corrected chi connectivity index (χ4v) is 1.49. The van der Waals surface area contributed by atoms with Crippen molar-refractivity contribution in [3.63, 3.8) is 0 Å².